The van der Waals surface area contributed by atoms with Gasteiger partial charge in [0.15, 0.2) is 0 Å². The van der Waals surface area contributed by atoms with Crippen molar-refractivity contribution in [2.45, 2.75) is 36.2 Å². The van der Waals surface area contributed by atoms with Crippen LogP contribution in [0.5, 0.6) is 0 Å². The molecule has 0 bridgehead atoms. The molecule has 2 heterocycles. The van der Waals surface area contributed by atoms with Crippen LogP contribution >= 0.6 is 11.8 Å². The smallest absolute Gasteiger partial charge is 0.310 e. The van der Waals surface area contributed by atoms with Crippen molar-refractivity contribution in [3.05, 3.63) is 58.5 Å². The van der Waals surface area contributed by atoms with Crippen molar-refractivity contribution in [2.24, 2.45) is 0 Å². The second kappa shape index (κ2) is 7.19. The first kappa shape index (κ1) is 18.6. The first-order chi connectivity index (χ1) is 12.3. The summed E-state index contributed by atoms with van der Waals surface area (Å²) in [7, 11) is 0. The van der Waals surface area contributed by atoms with Crippen molar-refractivity contribution in [3.8, 4) is 0 Å². The lowest BCUT2D eigenvalue weighted by atomic mass is 10.2. The molecule has 2 aromatic rings. The van der Waals surface area contributed by atoms with Crippen molar-refractivity contribution in [3.63, 3.8) is 0 Å². The van der Waals surface area contributed by atoms with E-state index in [1.165, 1.54) is 6.20 Å². The van der Waals surface area contributed by atoms with E-state index < -0.39 is 29.8 Å². The number of aromatic nitrogens is 1. The van der Waals surface area contributed by atoms with Crippen LogP contribution in [0.3, 0.4) is 0 Å². The minimum atomic E-state index is -4.75. The van der Waals surface area contributed by atoms with E-state index in [0.29, 0.717) is 11.8 Å². The monoisotopic (exact) mass is 382 g/mol. The summed E-state index contributed by atoms with van der Waals surface area (Å²) in [6.07, 6.45) is -2.79. The van der Waals surface area contributed by atoms with Crippen molar-refractivity contribution >= 4 is 23.4 Å². The maximum absolute atomic E-state index is 12.9. The van der Waals surface area contributed by atoms with Gasteiger partial charge in [-0.15, -0.1) is 11.8 Å². The number of nitrogens with zero attached hydrogens (tertiary/aromatic N) is 2. The summed E-state index contributed by atoms with van der Waals surface area (Å²) < 4.78 is 39.5. The van der Waals surface area contributed by atoms with E-state index >= 15 is 0 Å². The second-order valence-corrected chi connectivity index (χ2v) is 7.56. The third-order valence-electron chi connectivity index (χ3n) is 4.18. The summed E-state index contributed by atoms with van der Waals surface area (Å²) in [5, 5.41) is 0.310. The predicted octanol–water partition coefficient (Wildman–Crippen LogP) is 3.78. The summed E-state index contributed by atoms with van der Waals surface area (Å²) in [5.74, 6) is -0.409. The van der Waals surface area contributed by atoms with E-state index in [1.807, 2.05) is 24.3 Å². The third kappa shape index (κ3) is 3.80. The molecule has 0 aliphatic carbocycles. The maximum atomic E-state index is 12.9. The number of para-hydroxylation sites is 1. The molecular weight excluding hydrogens is 365 g/mol. The van der Waals surface area contributed by atoms with E-state index in [0.717, 1.165) is 33.7 Å². The number of pyridine rings is 1. The van der Waals surface area contributed by atoms with E-state index in [-0.39, 0.29) is 0 Å². The van der Waals surface area contributed by atoms with Gasteiger partial charge < -0.3 is 9.47 Å². The van der Waals surface area contributed by atoms with Gasteiger partial charge in [-0.2, -0.15) is 13.2 Å². The average molecular weight is 382 g/mol. The molecule has 0 spiro atoms. The largest absolute Gasteiger partial charge is 0.421 e. The molecule has 1 aromatic heterocycles. The van der Waals surface area contributed by atoms with Gasteiger partial charge in [-0.1, -0.05) is 19.1 Å². The Hall–Kier alpha value is -2.22. The van der Waals surface area contributed by atoms with Gasteiger partial charge >= 0.3 is 6.18 Å². The molecule has 0 N–H and O–H groups in total. The zero-order valence-corrected chi connectivity index (χ0v) is 14.8. The number of amides is 1. The van der Waals surface area contributed by atoms with Crippen LogP contribution in [0.4, 0.5) is 18.9 Å². The first-order valence-electron chi connectivity index (χ1n) is 8.10. The zero-order valence-electron chi connectivity index (χ0n) is 14.0. The minimum absolute atomic E-state index is 0.310. The molecule has 8 heteroatoms. The van der Waals surface area contributed by atoms with Crippen LogP contribution in [0.15, 0.2) is 52.3 Å². The molecule has 138 valence electrons. The molecule has 1 amide bonds. The predicted molar refractivity (Wildman–Crippen MR) is 94.4 cm³/mol. The van der Waals surface area contributed by atoms with Gasteiger partial charge in [-0.25, -0.2) is 0 Å². The molecular formula is C18H17F3N2O2S. The number of thioether (sulfide) groups is 1. The Balaban J connectivity index is 1.91. The number of hydrogen-bond donors (Lipinski definition) is 0. The van der Waals surface area contributed by atoms with Gasteiger partial charge in [0.1, 0.15) is 12.1 Å². The quantitative estimate of drug-likeness (QED) is 0.794. The SMILES string of the molecule is CC1CCN(C(=O)Cn2cccc(C(F)(F)F)c2=O)c2ccccc2S1. The number of hydrogen-bond acceptors (Lipinski definition) is 3. The topological polar surface area (TPSA) is 42.3 Å². The van der Waals surface area contributed by atoms with Gasteiger partial charge in [0.2, 0.25) is 5.91 Å². The number of benzene rings is 1. The summed E-state index contributed by atoms with van der Waals surface area (Å²) in [4.78, 5) is 27.3. The van der Waals surface area contributed by atoms with E-state index in [2.05, 4.69) is 6.92 Å². The molecule has 1 atom stereocenters. The Morgan fingerprint density at radius 3 is 2.69 bits per heavy atom. The fourth-order valence-electron chi connectivity index (χ4n) is 2.85. The van der Waals surface area contributed by atoms with Crippen LogP contribution in [-0.4, -0.2) is 22.3 Å². The molecule has 0 fully saturated rings. The van der Waals surface area contributed by atoms with Crippen LogP contribution < -0.4 is 10.5 Å². The first-order valence-corrected chi connectivity index (χ1v) is 8.98. The Bertz CT molecular complexity index is 879. The lowest BCUT2D eigenvalue weighted by Gasteiger charge is -2.23. The molecule has 0 saturated heterocycles. The van der Waals surface area contributed by atoms with Crippen molar-refractivity contribution in [2.75, 3.05) is 11.4 Å². The number of rotatable bonds is 2. The summed E-state index contributed by atoms with van der Waals surface area (Å²) in [6, 6.07) is 9.27. The van der Waals surface area contributed by atoms with E-state index in [1.54, 1.807) is 16.7 Å². The highest BCUT2D eigenvalue weighted by Crippen LogP contribution is 2.37. The van der Waals surface area contributed by atoms with Crippen molar-refractivity contribution < 1.29 is 18.0 Å². The van der Waals surface area contributed by atoms with Crippen LogP contribution in [-0.2, 0) is 17.5 Å². The molecule has 0 radical (unpaired) electrons. The molecule has 1 aliphatic heterocycles. The number of alkyl halides is 3. The standard InChI is InChI=1S/C18H17F3N2O2S/c1-12-8-10-23(14-6-2-3-7-15(14)26-12)16(24)11-22-9-4-5-13(17(22)25)18(19,20)21/h2-7,9,12H,8,10-11H2,1H3. The fraction of sp³-hybridized carbons (Fsp3) is 0.333. The molecule has 4 nitrogen and oxygen atoms in total. The van der Waals surface area contributed by atoms with Crippen molar-refractivity contribution in [1.29, 1.82) is 0 Å². The molecule has 0 saturated carbocycles. The van der Waals surface area contributed by atoms with Gasteiger partial charge in [0.05, 0.1) is 5.69 Å². The van der Waals surface area contributed by atoms with Crippen LogP contribution in [0.1, 0.15) is 18.9 Å². The highest BCUT2D eigenvalue weighted by Gasteiger charge is 2.34. The molecule has 3 rings (SSSR count). The molecule has 1 aromatic carbocycles. The molecule has 1 unspecified atom stereocenters. The molecule has 26 heavy (non-hydrogen) atoms. The normalized spacial score (nSPS) is 17.5. The highest BCUT2D eigenvalue weighted by atomic mass is 32.2. The van der Waals surface area contributed by atoms with Gasteiger partial charge in [-0.3, -0.25) is 9.59 Å². The number of carbonyl (C=O) groups excluding carboxylic acids is 1. The van der Waals surface area contributed by atoms with Gasteiger partial charge in [-0.05, 0) is 30.7 Å². The third-order valence-corrected chi connectivity index (χ3v) is 5.41. The minimum Gasteiger partial charge on any atom is -0.310 e. The summed E-state index contributed by atoms with van der Waals surface area (Å²) in [6.45, 7) is 2.08. The van der Waals surface area contributed by atoms with Gasteiger partial charge in [0.25, 0.3) is 5.56 Å². The number of anilines is 1. The molecule has 1 aliphatic rings. The lowest BCUT2D eigenvalue weighted by molar-refractivity contribution is -0.139. The highest BCUT2D eigenvalue weighted by molar-refractivity contribution is 8.00. The number of carbonyl (C=O) groups is 1. The summed E-state index contributed by atoms with van der Waals surface area (Å²) >= 11 is 1.66. The van der Waals surface area contributed by atoms with E-state index in [9.17, 15) is 22.8 Å². The Morgan fingerprint density at radius 1 is 1.23 bits per heavy atom. The number of fused-ring (bicyclic) bond motifs is 1. The fourth-order valence-corrected chi connectivity index (χ4v) is 3.97. The van der Waals surface area contributed by atoms with E-state index in [4.69, 9.17) is 0 Å². The van der Waals surface area contributed by atoms with Crippen molar-refractivity contribution in [1.82, 2.24) is 4.57 Å². The maximum Gasteiger partial charge on any atom is 0.421 e. The van der Waals surface area contributed by atoms with Gasteiger partial charge in [0, 0.05) is 22.9 Å². The number of halogens is 3. The van der Waals surface area contributed by atoms with Crippen LogP contribution in [0, 0.1) is 0 Å². The zero-order chi connectivity index (χ0) is 18.9. The average Bonchev–Trinajstić information content (AvgIpc) is 2.73. The second-order valence-electron chi connectivity index (χ2n) is 6.08. The Labute approximate surface area is 152 Å². The lowest BCUT2D eigenvalue weighted by Crippen LogP contribution is -2.38. The Kier molecular flexibility index (Phi) is 5.13. The Morgan fingerprint density at radius 2 is 1.96 bits per heavy atom. The summed E-state index contributed by atoms with van der Waals surface area (Å²) in [5.41, 5.74) is -1.75. The van der Waals surface area contributed by atoms with Crippen LogP contribution in [0.25, 0.3) is 0 Å². The van der Waals surface area contributed by atoms with Crippen LogP contribution in [0.2, 0.25) is 0 Å².